The molecule has 3 heteroatoms. The summed E-state index contributed by atoms with van der Waals surface area (Å²) in [5.41, 5.74) is 13.8. The Balaban J connectivity index is 0.000000157. The third-order valence-corrected chi connectivity index (χ3v) is 7.72. The van der Waals surface area contributed by atoms with Crippen LogP contribution >= 0.6 is 11.6 Å². The maximum Gasteiger partial charge on any atom is 0.0724 e. The van der Waals surface area contributed by atoms with Crippen LogP contribution in [0.4, 0.5) is 0 Å². The first-order valence-electron chi connectivity index (χ1n) is 14.5. The van der Waals surface area contributed by atoms with Gasteiger partial charge in [0.25, 0.3) is 0 Å². The van der Waals surface area contributed by atoms with Crippen LogP contribution in [0.5, 0.6) is 0 Å². The lowest BCUT2D eigenvalue weighted by atomic mass is 10.0. The molecule has 0 spiro atoms. The monoisotopic (exact) mass is 576 g/mol. The smallest absolute Gasteiger partial charge is 0.0724 e. The number of halogens is 1. The van der Waals surface area contributed by atoms with Gasteiger partial charge < -0.3 is 0 Å². The van der Waals surface area contributed by atoms with Gasteiger partial charge in [0.15, 0.2) is 0 Å². The number of rotatable bonds is 3. The van der Waals surface area contributed by atoms with E-state index in [4.69, 9.17) is 21.6 Å². The van der Waals surface area contributed by atoms with E-state index in [2.05, 4.69) is 131 Å². The van der Waals surface area contributed by atoms with Crippen molar-refractivity contribution in [1.82, 2.24) is 9.97 Å². The molecular formula is C40H33ClN2. The third kappa shape index (κ3) is 6.66. The zero-order chi connectivity index (χ0) is 29.9. The van der Waals surface area contributed by atoms with Gasteiger partial charge in [0.05, 0.1) is 22.4 Å². The van der Waals surface area contributed by atoms with Gasteiger partial charge in [-0.15, -0.1) is 0 Å². The Bertz CT molecular complexity index is 2040. The van der Waals surface area contributed by atoms with Gasteiger partial charge in [0.2, 0.25) is 0 Å². The van der Waals surface area contributed by atoms with Crippen LogP contribution in [-0.2, 0) is 0 Å². The average molecular weight is 577 g/mol. The van der Waals surface area contributed by atoms with E-state index in [0.29, 0.717) is 0 Å². The van der Waals surface area contributed by atoms with Crippen LogP contribution in [-0.4, -0.2) is 9.97 Å². The molecule has 210 valence electrons. The molecule has 0 radical (unpaired) electrons. The molecule has 2 aromatic heterocycles. The van der Waals surface area contributed by atoms with Crippen molar-refractivity contribution in [2.24, 2.45) is 0 Å². The van der Waals surface area contributed by atoms with E-state index in [1.165, 1.54) is 44.3 Å². The minimum absolute atomic E-state index is 0.720. The fraction of sp³-hybridized carbons (Fsp3) is 0.100. The normalized spacial score (nSPS) is 10.9. The second-order valence-electron chi connectivity index (χ2n) is 11.3. The van der Waals surface area contributed by atoms with Crippen molar-refractivity contribution in [3.05, 3.63) is 155 Å². The van der Waals surface area contributed by atoms with Gasteiger partial charge >= 0.3 is 0 Å². The van der Waals surface area contributed by atoms with E-state index >= 15 is 0 Å². The van der Waals surface area contributed by atoms with E-state index < -0.39 is 0 Å². The van der Waals surface area contributed by atoms with Gasteiger partial charge in [-0.25, -0.2) is 9.97 Å². The van der Waals surface area contributed by atoms with Crippen LogP contribution in [0.1, 0.15) is 22.3 Å². The number of fused-ring (bicyclic) bond motifs is 2. The Labute approximate surface area is 258 Å². The summed E-state index contributed by atoms with van der Waals surface area (Å²) in [4.78, 5) is 9.62. The Kier molecular flexibility index (Phi) is 8.05. The molecule has 0 bridgehead atoms. The van der Waals surface area contributed by atoms with Crippen molar-refractivity contribution in [2.75, 3.05) is 0 Å². The summed E-state index contributed by atoms with van der Waals surface area (Å²) in [6, 6.07) is 44.2. The lowest BCUT2D eigenvalue weighted by molar-refractivity contribution is 1.34. The van der Waals surface area contributed by atoms with Gasteiger partial charge in [-0.1, -0.05) is 107 Å². The second-order valence-corrected chi connectivity index (χ2v) is 11.7. The summed E-state index contributed by atoms with van der Waals surface area (Å²) < 4.78 is 0. The SMILES string of the molecule is Cc1cc(C)cc(-c2ccc3ccc(-c4ccccc4)cc3n2)c1.Cc1cc(C)cc(-c2ccc3ccc(Cl)cc3n2)c1. The van der Waals surface area contributed by atoms with Gasteiger partial charge in [-0.05, 0) is 93.4 Å². The van der Waals surface area contributed by atoms with Crippen LogP contribution in [0.2, 0.25) is 5.02 Å². The fourth-order valence-electron chi connectivity index (χ4n) is 5.58. The predicted octanol–water partition coefficient (Wildman–Crippen LogP) is 11.4. The molecule has 0 saturated carbocycles. The maximum atomic E-state index is 6.03. The molecule has 7 rings (SSSR count). The standard InChI is InChI=1S/C23H19N.C17H14ClN/c1-16-12-17(2)14-21(13-16)22-11-10-19-8-9-20(15-23(19)24-22)18-6-4-3-5-7-18;1-11-7-12(2)9-14(8-11)16-6-4-13-3-5-15(18)10-17(13)19-16/h3-15H,1-2H3;3-10H,1-2H3. The minimum atomic E-state index is 0.720. The van der Waals surface area contributed by atoms with Crippen molar-refractivity contribution in [1.29, 1.82) is 0 Å². The van der Waals surface area contributed by atoms with E-state index in [1.54, 1.807) is 0 Å². The molecule has 0 N–H and O–H groups in total. The third-order valence-electron chi connectivity index (χ3n) is 7.49. The molecule has 0 saturated heterocycles. The molecule has 0 amide bonds. The summed E-state index contributed by atoms with van der Waals surface area (Å²) in [5.74, 6) is 0. The van der Waals surface area contributed by atoms with Crippen molar-refractivity contribution in [3.63, 3.8) is 0 Å². The zero-order valence-electron chi connectivity index (χ0n) is 24.9. The predicted molar refractivity (Wildman–Crippen MR) is 184 cm³/mol. The lowest BCUT2D eigenvalue weighted by Gasteiger charge is -2.08. The van der Waals surface area contributed by atoms with E-state index in [-0.39, 0.29) is 0 Å². The van der Waals surface area contributed by atoms with Crippen LogP contribution in [0.15, 0.2) is 127 Å². The average Bonchev–Trinajstić information content (AvgIpc) is 3.00. The summed E-state index contributed by atoms with van der Waals surface area (Å²) in [7, 11) is 0. The van der Waals surface area contributed by atoms with E-state index in [0.717, 1.165) is 38.4 Å². The largest absolute Gasteiger partial charge is 0.248 e. The minimum Gasteiger partial charge on any atom is -0.248 e. The molecule has 0 aliphatic carbocycles. The molecule has 0 aliphatic rings. The van der Waals surface area contributed by atoms with Crippen molar-refractivity contribution >= 4 is 33.4 Å². The van der Waals surface area contributed by atoms with Crippen molar-refractivity contribution in [2.45, 2.75) is 27.7 Å². The molecule has 5 aromatic carbocycles. The highest BCUT2D eigenvalue weighted by atomic mass is 35.5. The number of hydrogen-bond donors (Lipinski definition) is 0. The number of nitrogens with zero attached hydrogens (tertiary/aromatic N) is 2. The fourth-order valence-corrected chi connectivity index (χ4v) is 5.75. The number of aryl methyl sites for hydroxylation is 4. The summed E-state index contributed by atoms with van der Waals surface area (Å²) in [6.45, 7) is 8.47. The van der Waals surface area contributed by atoms with Crippen LogP contribution in [0.25, 0.3) is 55.4 Å². The highest BCUT2D eigenvalue weighted by Gasteiger charge is 2.06. The van der Waals surface area contributed by atoms with Crippen molar-refractivity contribution < 1.29 is 0 Å². The molecule has 0 atom stereocenters. The summed E-state index contributed by atoms with van der Waals surface area (Å²) in [5, 5.41) is 3.00. The first-order chi connectivity index (χ1) is 20.8. The Morgan fingerprint density at radius 1 is 0.395 bits per heavy atom. The molecular weight excluding hydrogens is 544 g/mol. The highest BCUT2D eigenvalue weighted by Crippen LogP contribution is 2.28. The highest BCUT2D eigenvalue weighted by molar-refractivity contribution is 6.31. The van der Waals surface area contributed by atoms with Gasteiger partial charge in [-0.2, -0.15) is 0 Å². The molecule has 0 fully saturated rings. The van der Waals surface area contributed by atoms with Crippen LogP contribution in [0.3, 0.4) is 0 Å². The summed E-state index contributed by atoms with van der Waals surface area (Å²) in [6.07, 6.45) is 0. The topological polar surface area (TPSA) is 25.8 Å². The first kappa shape index (κ1) is 28.3. The van der Waals surface area contributed by atoms with E-state index in [1.807, 2.05) is 24.3 Å². The molecule has 43 heavy (non-hydrogen) atoms. The quantitative estimate of drug-likeness (QED) is 0.209. The molecule has 2 heterocycles. The second kappa shape index (κ2) is 12.2. The zero-order valence-corrected chi connectivity index (χ0v) is 25.7. The summed E-state index contributed by atoms with van der Waals surface area (Å²) >= 11 is 6.03. The molecule has 0 aliphatic heterocycles. The van der Waals surface area contributed by atoms with Crippen molar-refractivity contribution in [3.8, 4) is 33.6 Å². The van der Waals surface area contributed by atoms with Gasteiger partial charge in [0, 0.05) is 26.9 Å². The molecule has 0 unspecified atom stereocenters. The Hall–Kier alpha value is -4.79. The Morgan fingerprint density at radius 3 is 1.40 bits per heavy atom. The van der Waals surface area contributed by atoms with Gasteiger partial charge in [-0.3, -0.25) is 0 Å². The molecule has 2 nitrogen and oxygen atoms in total. The van der Waals surface area contributed by atoms with E-state index in [9.17, 15) is 0 Å². The van der Waals surface area contributed by atoms with Crippen LogP contribution in [0, 0.1) is 27.7 Å². The Morgan fingerprint density at radius 2 is 0.860 bits per heavy atom. The number of aromatic nitrogens is 2. The lowest BCUT2D eigenvalue weighted by Crippen LogP contribution is -1.88. The van der Waals surface area contributed by atoms with Gasteiger partial charge in [0.1, 0.15) is 0 Å². The first-order valence-corrected chi connectivity index (χ1v) is 14.9. The number of pyridine rings is 2. The van der Waals surface area contributed by atoms with Crippen LogP contribution < -0.4 is 0 Å². The number of hydrogen-bond acceptors (Lipinski definition) is 2. The maximum absolute atomic E-state index is 6.03. The molecule has 7 aromatic rings. The number of benzene rings is 5.